The van der Waals surface area contributed by atoms with Gasteiger partial charge in [0.2, 0.25) is 0 Å². The number of carbonyl (C=O) groups excluding carboxylic acids is 1. The Morgan fingerprint density at radius 3 is 2.80 bits per heavy atom. The molecular weight excluding hydrogens is 442 g/mol. The van der Waals surface area contributed by atoms with Gasteiger partial charge in [-0.3, -0.25) is 10.00 Å². The number of H-pyrrole nitrogens is 2. The third kappa shape index (κ3) is 4.68. The number of aromatic amines is 2. The number of morpholine rings is 1. The summed E-state index contributed by atoms with van der Waals surface area (Å²) in [6, 6.07) is 13.5. The van der Waals surface area contributed by atoms with E-state index in [1.165, 1.54) is 5.57 Å². The number of imidazole rings is 1. The van der Waals surface area contributed by atoms with Gasteiger partial charge in [-0.2, -0.15) is 5.10 Å². The summed E-state index contributed by atoms with van der Waals surface area (Å²) in [6.07, 6.45) is 5.70. The number of rotatable bonds is 5. The van der Waals surface area contributed by atoms with E-state index in [0.29, 0.717) is 17.2 Å². The van der Waals surface area contributed by atoms with Gasteiger partial charge < -0.3 is 20.4 Å². The molecule has 178 valence electrons. The van der Waals surface area contributed by atoms with Crippen LogP contribution in [-0.2, 0) is 11.2 Å². The minimum Gasteiger partial charge on any atom is -0.379 e. The fourth-order valence-corrected chi connectivity index (χ4v) is 4.69. The number of hydrogen-bond acceptors (Lipinski definition) is 5. The molecule has 1 aliphatic heterocycles. The van der Waals surface area contributed by atoms with Crippen molar-refractivity contribution < 1.29 is 9.53 Å². The lowest BCUT2D eigenvalue weighted by atomic mass is 9.99. The first kappa shape index (κ1) is 21.6. The lowest BCUT2D eigenvalue weighted by Crippen LogP contribution is -2.37. The molecule has 0 radical (unpaired) electrons. The normalized spacial score (nSPS) is 16.1. The van der Waals surface area contributed by atoms with Crippen LogP contribution in [-0.4, -0.2) is 63.9 Å². The van der Waals surface area contributed by atoms with Gasteiger partial charge >= 0.3 is 6.03 Å². The topological polar surface area (TPSA) is 111 Å². The second-order valence-corrected chi connectivity index (χ2v) is 8.94. The van der Waals surface area contributed by atoms with Gasteiger partial charge in [-0.05, 0) is 41.8 Å². The quantitative estimate of drug-likeness (QED) is 0.349. The van der Waals surface area contributed by atoms with Gasteiger partial charge in [0.25, 0.3) is 0 Å². The first-order valence-electron chi connectivity index (χ1n) is 11.9. The van der Waals surface area contributed by atoms with Gasteiger partial charge in [0, 0.05) is 31.0 Å². The molecule has 0 spiro atoms. The predicted octanol–water partition coefficient (Wildman–Crippen LogP) is 4.26. The Labute approximate surface area is 202 Å². The Balaban J connectivity index is 1.15. The molecule has 1 saturated heterocycles. The van der Waals surface area contributed by atoms with Crippen molar-refractivity contribution >= 4 is 34.3 Å². The average Bonchev–Trinajstić information content (AvgIpc) is 3.51. The zero-order valence-electron chi connectivity index (χ0n) is 19.3. The predicted molar refractivity (Wildman–Crippen MR) is 136 cm³/mol. The van der Waals surface area contributed by atoms with Crippen LogP contribution in [0.2, 0.25) is 0 Å². The summed E-state index contributed by atoms with van der Waals surface area (Å²) in [5, 5.41) is 15.1. The van der Waals surface area contributed by atoms with Crippen LogP contribution in [0.25, 0.3) is 28.4 Å². The van der Waals surface area contributed by atoms with Crippen LogP contribution in [0.3, 0.4) is 0 Å². The number of nitrogens with zero attached hydrogens (tertiary/aromatic N) is 3. The Hall–Kier alpha value is -3.95. The SMILES string of the molecule is O=C(Nc1ccc2ccccc2c1)Nc1cn[nH]c1-c1nc2c([nH]1)CCC(CN1CCOCC1)=C2. The molecule has 0 atom stereocenters. The monoisotopic (exact) mass is 469 g/mol. The number of aryl methyl sites for hydroxylation is 1. The molecule has 2 aromatic carbocycles. The maximum Gasteiger partial charge on any atom is 0.323 e. The van der Waals surface area contributed by atoms with Crippen molar-refractivity contribution in [1.29, 1.82) is 0 Å². The zero-order valence-corrected chi connectivity index (χ0v) is 19.3. The van der Waals surface area contributed by atoms with E-state index >= 15 is 0 Å². The summed E-state index contributed by atoms with van der Waals surface area (Å²) in [5.41, 5.74) is 5.37. The van der Waals surface area contributed by atoms with Crippen molar-refractivity contribution in [2.75, 3.05) is 43.5 Å². The molecular formula is C26H27N7O2. The highest BCUT2D eigenvalue weighted by molar-refractivity contribution is 6.02. The molecule has 3 heterocycles. The fourth-order valence-electron chi connectivity index (χ4n) is 4.69. The van der Waals surface area contributed by atoms with Crippen molar-refractivity contribution in [2.45, 2.75) is 12.8 Å². The van der Waals surface area contributed by atoms with Gasteiger partial charge in [0.15, 0.2) is 5.82 Å². The van der Waals surface area contributed by atoms with Crippen molar-refractivity contribution in [1.82, 2.24) is 25.1 Å². The maximum absolute atomic E-state index is 12.7. The molecule has 9 heteroatoms. The van der Waals surface area contributed by atoms with Gasteiger partial charge in [-0.25, -0.2) is 9.78 Å². The Kier molecular flexibility index (Phi) is 5.77. The number of nitrogens with one attached hydrogen (secondary N) is 4. The molecule has 2 aromatic heterocycles. The standard InChI is InChI=1S/C26H27N7O2/c34-26(28-20-7-6-18-3-1-2-4-19(18)14-20)31-23-15-27-32-24(23)25-29-21-8-5-17(13-22(21)30-25)16-33-9-11-35-12-10-33/h1-4,6-7,13-15H,5,8-12,16H2,(H,27,32)(H,29,30)(H2,28,31,34). The maximum atomic E-state index is 12.7. The van der Waals surface area contributed by atoms with E-state index in [-0.39, 0.29) is 6.03 Å². The van der Waals surface area contributed by atoms with Crippen LogP contribution >= 0.6 is 0 Å². The van der Waals surface area contributed by atoms with E-state index < -0.39 is 0 Å². The number of aromatic nitrogens is 4. The van der Waals surface area contributed by atoms with E-state index in [4.69, 9.17) is 9.72 Å². The van der Waals surface area contributed by atoms with Gasteiger partial charge in [-0.15, -0.1) is 0 Å². The third-order valence-corrected chi connectivity index (χ3v) is 6.51. The van der Waals surface area contributed by atoms with Crippen LogP contribution in [0.4, 0.5) is 16.2 Å². The number of ether oxygens (including phenoxy) is 1. The second-order valence-electron chi connectivity index (χ2n) is 8.94. The van der Waals surface area contributed by atoms with Gasteiger partial charge in [0.05, 0.1) is 30.8 Å². The van der Waals surface area contributed by atoms with Crippen LogP contribution < -0.4 is 10.6 Å². The smallest absolute Gasteiger partial charge is 0.323 e. The number of anilines is 2. The minimum atomic E-state index is -0.341. The van der Waals surface area contributed by atoms with Crippen molar-refractivity contribution in [3.8, 4) is 11.5 Å². The van der Waals surface area contributed by atoms with E-state index in [9.17, 15) is 4.79 Å². The molecule has 1 fully saturated rings. The second kappa shape index (κ2) is 9.36. The number of hydrogen-bond donors (Lipinski definition) is 4. The molecule has 0 unspecified atom stereocenters. The summed E-state index contributed by atoms with van der Waals surface area (Å²) in [4.78, 5) is 23.4. The van der Waals surface area contributed by atoms with Crippen LogP contribution in [0.5, 0.6) is 0 Å². The number of urea groups is 1. The summed E-state index contributed by atoms with van der Waals surface area (Å²) in [5.74, 6) is 0.664. The Bertz CT molecular complexity index is 1400. The highest BCUT2D eigenvalue weighted by Gasteiger charge is 2.21. The Morgan fingerprint density at radius 2 is 1.91 bits per heavy atom. The van der Waals surface area contributed by atoms with Crippen LogP contribution in [0, 0.1) is 0 Å². The first-order chi connectivity index (χ1) is 17.2. The van der Waals surface area contributed by atoms with Crippen LogP contribution in [0.15, 0.2) is 54.2 Å². The van der Waals surface area contributed by atoms with Crippen molar-refractivity contribution in [2.24, 2.45) is 0 Å². The Morgan fingerprint density at radius 1 is 1.06 bits per heavy atom. The highest BCUT2D eigenvalue weighted by Crippen LogP contribution is 2.29. The number of benzene rings is 2. The molecule has 6 rings (SSSR count). The average molecular weight is 470 g/mol. The van der Waals surface area contributed by atoms with Crippen molar-refractivity contribution in [3.63, 3.8) is 0 Å². The fraction of sp³-hybridized carbons (Fsp3) is 0.269. The molecule has 4 N–H and O–H groups in total. The summed E-state index contributed by atoms with van der Waals surface area (Å²) >= 11 is 0. The summed E-state index contributed by atoms with van der Waals surface area (Å²) in [6.45, 7) is 4.50. The number of carbonyl (C=O) groups is 1. The molecule has 1 aliphatic carbocycles. The zero-order chi connectivity index (χ0) is 23.6. The first-order valence-corrected chi connectivity index (χ1v) is 11.9. The summed E-state index contributed by atoms with van der Waals surface area (Å²) < 4.78 is 5.46. The van der Waals surface area contributed by atoms with Gasteiger partial charge in [0.1, 0.15) is 5.69 Å². The molecule has 2 amide bonds. The molecule has 0 saturated carbocycles. The molecule has 4 aromatic rings. The van der Waals surface area contributed by atoms with Crippen LogP contribution in [0.1, 0.15) is 17.8 Å². The lowest BCUT2D eigenvalue weighted by molar-refractivity contribution is 0.0420. The van der Waals surface area contributed by atoms with E-state index in [0.717, 1.165) is 73.5 Å². The molecule has 0 bridgehead atoms. The molecule has 35 heavy (non-hydrogen) atoms. The number of fused-ring (bicyclic) bond motifs is 2. The molecule has 2 aliphatic rings. The van der Waals surface area contributed by atoms with Crippen molar-refractivity contribution in [3.05, 3.63) is 65.6 Å². The molecule has 9 nitrogen and oxygen atoms in total. The number of amides is 2. The van der Waals surface area contributed by atoms with E-state index in [1.54, 1.807) is 6.20 Å². The lowest BCUT2D eigenvalue weighted by Gasteiger charge is -2.28. The van der Waals surface area contributed by atoms with E-state index in [2.05, 4.69) is 36.8 Å². The summed E-state index contributed by atoms with van der Waals surface area (Å²) in [7, 11) is 0. The highest BCUT2D eigenvalue weighted by atomic mass is 16.5. The third-order valence-electron chi connectivity index (χ3n) is 6.51. The largest absolute Gasteiger partial charge is 0.379 e. The van der Waals surface area contributed by atoms with Gasteiger partial charge in [-0.1, -0.05) is 35.9 Å². The van der Waals surface area contributed by atoms with E-state index in [1.807, 2.05) is 42.5 Å². The minimum absolute atomic E-state index is 0.341.